The topological polar surface area (TPSA) is 61.4 Å². The number of aromatic hydroxyl groups is 1. The van der Waals surface area contributed by atoms with Crippen LogP contribution in [-0.2, 0) is 4.79 Å². The Labute approximate surface area is 115 Å². The molecule has 6 heteroatoms. The molecule has 1 saturated heterocycles. The van der Waals surface area contributed by atoms with E-state index in [0.717, 1.165) is 19.4 Å². The summed E-state index contributed by atoms with van der Waals surface area (Å²) in [5, 5.41) is 15.6. The summed E-state index contributed by atoms with van der Waals surface area (Å²) in [6.45, 7) is 0.967. The van der Waals surface area contributed by atoms with Gasteiger partial charge in [0.05, 0.1) is 10.0 Å². The number of carbonyl (C=O) groups excluding carboxylic acids is 1. The van der Waals surface area contributed by atoms with Crippen LogP contribution < -0.4 is 10.6 Å². The SMILES string of the molecule is O=C(CC1CCCN1)Nc1cc(Cl)c(O)c(Cl)c1. The molecule has 1 aromatic rings. The Morgan fingerprint density at radius 1 is 1.44 bits per heavy atom. The lowest BCUT2D eigenvalue weighted by molar-refractivity contribution is -0.116. The number of phenols is 1. The molecule has 1 aliphatic rings. The van der Waals surface area contributed by atoms with Gasteiger partial charge in [-0.05, 0) is 31.5 Å². The van der Waals surface area contributed by atoms with E-state index in [2.05, 4.69) is 10.6 Å². The van der Waals surface area contributed by atoms with Crippen molar-refractivity contribution in [1.82, 2.24) is 5.32 Å². The van der Waals surface area contributed by atoms with Crippen LogP contribution in [0.15, 0.2) is 12.1 Å². The number of hydrogen-bond donors (Lipinski definition) is 3. The number of nitrogens with one attached hydrogen (secondary N) is 2. The predicted molar refractivity (Wildman–Crippen MR) is 72.4 cm³/mol. The van der Waals surface area contributed by atoms with Gasteiger partial charge in [0, 0.05) is 18.2 Å². The van der Waals surface area contributed by atoms with Crippen LogP contribution in [0.2, 0.25) is 10.0 Å². The Kier molecular flexibility index (Phi) is 4.32. The zero-order valence-electron chi connectivity index (χ0n) is 9.67. The van der Waals surface area contributed by atoms with Gasteiger partial charge >= 0.3 is 0 Å². The van der Waals surface area contributed by atoms with Gasteiger partial charge in [-0.3, -0.25) is 4.79 Å². The molecule has 1 unspecified atom stereocenters. The highest BCUT2D eigenvalue weighted by Crippen LogP contribution is 2.34. The zero-order chi connectivity index (χ0) is 13.1. The Bertz CT molecular complexity index is 436. The van der Waals surface area contributed by atoms with Gasteiger partial charge in [-0.15, -0.1) is 0 Å². The Morgan fingerprint density at radius 3 is 2.67 bits per heavy atom. The molecule has 0 bridgehead atoms. The third-order valence-electron chi connectivity index (χ3n) is 2.89. The first kappa shape index (κ1) is 13.5. The Hall–Kier alpha value is -0.970. The van der Waals surface area contributed by atoms with Crippen LogP contribution in [0.3, 0.4) is 0 Å². The minimum atomic E-state index is -0.172. The molecule has 0 aromatic heterocycles. The second kappa shape index (κ2) is 5.78. The second-order valence-electron chi connectivity index (χ2n) is 4.33. The molecule has 0 saturated carbocycles. The van der Waals surface area contributed by atoms with Gasteiger partial charge in [0.25, 0.3) is 0 Å². The molecule has 1 atom stereocenters. The number of amides is 1. The molecule has 2 rings (SSSR count). The lowest BCUT2D eigenvalue weighted by atomic mass is 10.1. The highest BCUT2D eigenvalue weighted by molar-refractivity contribution is 6.37. The summed E-state index contributed by atoms with van der Waals surface area (Å²) in [6, 6.07) is 3.19. The number of hydrogen-bond acceptors (Lipinski definition) is 3. The number of halogens is 2. The average Bonchev–Trinajstić information content (AvgIpc) is 2.78. The molecule has 1 fully saturated rings. The standard InChI is InChI=1S/C12H14Cl2N2O2/c13-9-4-8(5-10(14)12(9)18)16-11(17)6-7-2-1-3-15-7/h4-5,7,15,18H,1-3,6H2,(H,16,17). The van der Waals surface area contributed by atoms with Crippen molar-refractivity contribution in [3.8, 4) is 5.75 Å². The third-order valence-corrected chi connectivity index (χ3v) is 3.47. The van der Waals surface area contributed by atoms with Crippen LogP contribution in [0, 0.1) is 0 Å². The van der Waals surface area contributed by atoms with Crippen LogP contribution in [0.5, 0.6) is 5.75 Å². The first-order valence-corrected chi connectivity index (χ1v) is 6.53. The minimum absolute atomic E-state index is 0.0905. The molecule has 98 valence electrons. The van der Waals surface area contributed by atoms with Crippen molar-refractivity contribution in [2.24, 2.45) is 0 Å². The smallest absolute Gasteiger partial charge is 0.225 e. The molecule has 4 nitrogen and oxygen atoms in total. The van der Waals surface area contributed by atoms with Crippen LogP contribution >= 0.6 is 23.2 Å². The van der Waals surface area contributed by atoms with E-state index in [0.29, 0.717) is 12.1 Å². The first-order chi connectivity index (χ1) is 8.56. The average molecular weight is 289 g/mol. The maximum absolute atomic E-state index is 11.8. The number of rotatable bonds is 3. The number of benzene rings is 1. The fraction of sp³-hybridized carbons (Fsp3) is 0.417. The maximum atomic E-state index is 11.8. The van der Waals surface area contributed by atoms with E-state index in [-0.39, 0.29) is 27.7 Å². The molecule has 1 aliphatic heterocycles. The quantitative estimate of drug-likeness (QED) is 0.750. The Morgan fingerprint density at radius 2 is 2.11 bits per heavy atom. The predicted octanol–water partition coefficient (Wildman–Crippen LogP) is 2.78. The van der Waals surface area contributed by atoms with E-state index in [1.54, 1.807) is 0 Å². The van der Waals surface area contributed by atoms with Gasteiger partial charge in [-0.2, -0.15) is 0 Å². The molecule has 0 radical (unpaired) electrons. The van der Waals surface area contributed by atoms with E-state index in [1.807, 2.05) is 0 Å². The van der Waals surface area contributed by atoms with E-state index in [1.165, 1.54) is 12.1 Å². The Balaban J connectivity index is 1.98. The fourth-order valence-corrected chi connectivity index (χ4v) is 2.49. The summed E-state index contributed by atoms with van der Waals surface area (Å²) in [7, 11) is 0. The minimum Gasteiger partial charge on any atom is -0.505 e. The molecule has 18 heavy (non-hydrogen) atoms. The van der Waals surface area contributed by atoms with Crippen molar-refractivity contribution < 1.29 is 9.90 Å². The summed E-state index contributed by atoms with van der Waals surface area (Å²) >= 11 is 11.5. The van der Waals surface area contributed by atoms with E-state index < -0.39 is 0 Å². The molecule has 1 aromatic carbocycles. The number of carbonyl (C=O) groups is 1. The van der Waals surface area contributed by atoms with Gasteiger partial charge in [0.15, 0.2) is 5.75 Å². The van der Waals surface area contributed by atoms with Crippen molar-refractivity contribution in [3.63, 3.8) is 0 Å². The van der Waals surface area contributed by atoms with Crippen molar-refractivity contribution >= 4 is 34.8 Å². The molecule has 0 spiro atoms. The normalized spacial score (nSPS) is 18.9. The van der Waals surface area contributed by atoms with Crippen molar-refractivity contribution in [3.05, 3.63) is 22.2 Å². The first-order valence-electron chi connectivity index (χ1n) is 5.77. The highest BCUT2D eigenvalue weighted by Gasteiger charge is 2.18. The highest BCUT2D eigenvalue weighted by atomic mass is 35.5. The number of anilines is 1. The van der Waals surface area contributed by atoms with Crippen molar-refractivity contribution in [2.75, 3.05) is 11.9 Å². The summed E-state index contributed by atoms with van der Waals surface area (Å²) in [4.78, 5) is 11.8. The van der Waals surface area contributed by atoms with Crippen LogP contribution in [0.1, 0.15) is 19.3 Å². The van der Waals surface area contributed by atoms with Crippen LogP contribution in [0.25, 0.3) is 0 Å². The van der Waals surface area contributed by atoms with Crippen LogP contribution in [-0.4, -0.2) is 23.6 Å². The van der Waals surface area contributed by atoms with Gasteiger partial charge in [0.1, 0.15) is 0 Å². The fourth-order valence-electron chi connectivity index (χ4n) is 2.00. The van der Waals surface area contributed by atoms with Gasteiger partial charge in [-0.25, -0.2) is 0 Å². The maximum Gasteiger partial charge on any atom is 0.225 e. The van der Waals surface area contributed by atoms with E-state index >= 15 is 0 Å². The van der Waals surface area contributed by atoms with Crippen LogP contribution in [0.4, 0.5) is 5.69 Å². The van der Waals surface area contributed by atoms with Gasteiger partial charge in [-0.1, -0.05) is 23.2 Å². The van der Waals surface area contributed by atoms with Crippen molar-refractivity contribution in [1.29, 1.82) is 0 Å². The monoisotopic (exact) mass is 288 g/mol. The zero-order valence-corrected chi connectivity index (χ0v) is 11.2. The molecule has 1 heterocycles. The summed E-state index contributed by atoms with van der Waals surface area (Å²) in [5.41, 5.74) is 0.491. The summed E-state index contributed by atoms with van der Waals surface area (Å²) in [6.07, 6.45) is 2.55. The third kappa shape index (κ3) is 3.28. The molecular formula is C12H14Cl2N2O2. The molecule has 1 amide bonds. The molecule has 0 aliphatic carbocycles. The van der Waals surface area contributed by atoms with E-state index in [4.69, 9.17) is 23.2 Å². The van der Waals surface area contributed by atoms with Gasteiger partial charge in [0.2, 0.25) is 5.91 Å². The molecule has 3 N–H and O–H groups in total. The summed E-state index contributed by atoms with van der Waals surface area (Å²) in [5.74, 6) is -0.263. The second-order valence-corrected chi connectivity index (χ2v) is 5.15. The lowest BCUT2D eigenvalue weighted by Crippen LogP contribution is -2.27. The summed E-state index contributed by atoms with van der Waals surface area (Å²) < 4.78 is 0. The molecular weight excluding hydrogens is 275 g/mol. The lowest BCUT2D eigenvalue weighted by Gasteiger charge is -2.11. The van der Waals surface area contributed by atoms with Crippen molar-refractivity contribution in [2.45, 2.75) is 25.3 Å². The van der Waals surface area contributed by atoms with E-state index in [9.17, 15) is 9.90 Å². The number of phenolic OH excluding ortho intramolecular Hbond substituents is 1. The largest absolute Gasteiger partial charge is 0.505 e. The van der Waals surface area contributed by atoms with Gasteiger partial charge < -0.3 is 15.7 Å².